The summed E-state index contributed by atoms with van der Waals surface area (Å²) in [5, 5.41) is 0. The molecule has 0 N–H and O–H groups in total. The minimum atomic E-state index is -0.0375. The highest BCUT2D eigenvalue weighted by Gasteiger charge is 2.22. The summed E-state index contributed by atoms with van der Waals surface area (Å²) in [5.74, 6) is 0.728. The van der Waals surface area contributed by atoms with Crippen molar-refractivity contribution in [3.63, 3.8) is 0 Å². The molecule has 0 aliphatic rings. The zero-order valence-electron chi connectivity index (χ0n) is 13.3. The van der Waals surface area contributed by atoms with E-state index in [1.54, 1.807) is 16.9 Å². The van der Waals surface area contributed by atoms with E-state index < -0.39 is 0 Å². The Hall–Kier alpha value is -2.49. The number of benzene rings is 2. The van der Waals surface area contributed by atoms with E-state index in [9.17, 15) is 4.79 Å². The lowest BCUT2D eigenvalue weighted by Crippen LogP contribution is -2.40. The molecule has 116 valence electrons. The third kappa shape index (κ3) is 3.39. The number of hydrogen-bond acceptors (Lipinski definition) is 2. The summed E-state index contributed by atoms with van der Waals surface area (Å²) in [4.78, 5) is 16.4. The first kappa shape index (κ1) is 15.9. The van der Waals surface area contributed by atoms with Gasteiger partial charge in [-0.15, -0.1) is 0 Å². The maximum absolute atomic E-state index is 12.9. The van der Waals surface area contributed by atoms with Crippen LogP contribution >= 0.6 is 0 Å². The molecule has 2 aromatic carbocycles. The second kappa shape index (κ2) is 7.50. The molecule has 0 saturated carbocycles. The summed E-state index contributed by atoms with van der Waals surface area (Å²) in [7, 11) is 1.62. The zero-order chi connectivity index (χ0) is 15.9. The molecule has 0 saturated heterocycles. The lowest BCUT2D eigenvalue weighted by atomic mass is 10.2. The monoisotopic (exact) mass is 298 g/mol. The van der Waals surface area contributed by atoms with Crippen molar-refractivity contribution >= 4 is 17.4 Å². The summed E-state index contributed by atoms with van der Waals surface area (Å²) in [5.41, 5.74) is 1.63. The Morgan fingerprint density at radius 3 is 2.18 bits per heavy atom. The van der Waals surface area contributed by atoms with Gasteiger partial charge in [-0.2, -0.15) is 0 Å². The Morgan fingerprint density at radius 1 is 0.955 bits per heavy atom. The van der Waals surface area contributed by atoms with Crippen LogP contribution in [0, 0.1) is 0 Å². The van der Waals surface area contributed by atoms with Gasteiger partial charge >= 0.3 is 6.03 Å². The Bertz CT molecular complexity index is 609. The van der Waals surface area contributed by atoms with Gasteiger partial charge in [0.1, 0.15) is 5.75 Å². The Labute approximate surface area is 131 Å². The summed E-state index contributed by atoms with van der Waals surface area (Å²) in [6.45, 7) is 5.30. The fourth-order valence-electron chi connectivity index (χ4n) is 2.33. The van der Waals surface area contributed by atoms with Gasteiger partial charge < -0.3 is 9.64 Å². The van der Waals surface area contributed by atoms with Crippen LogP contribution in [0.2, 0.25) is 0 Å². The van der Waals surface area contributed by atoms with Crippen LogP contribution in [0.4, 0.5) is 16.2 Å². The summed E-state index contributed by atoms with van der Waals surface area (Å²) in [6, 6.07) is 17.2. The highest BCUT2D eigenvalue weighted by Crippen LogP contribution is 2.29. The van der Waals surface area contributed by atoms with E-state index >= 15 is 0 Å². The first-order valence-corrected chi connectivity index (χ1v) is 7.49. The molecule has 0 aliphatic heterocycles. The van der Waals surface area contributed by atoms with E-state index in [2.05, 4.69) is 0 Å². The normalized spacial score (nSPS) is 10.1. The summed E-state index contributed by atoms with van der Waals surface area (Å²) in [6.07, 6.45) is 0. The SMILES string of the molecule is CCN(CC)C(=O)N(c1ccccc1)c1cccc(OC)c1. The number of methoxy groups -OCH3 is 1. The van der Waals surface area contributed by atoms with Crippen molar-refractivity contribution in [2.75, 3.05) is 25.1 Å². The second-order valence-corrected chi connectivity index (χ2v) is 4.83. The van der Waals surface area contributed by atoms with Crippen LogP contribution in [0.5, 0.6) is 5.75 Å². The van der Waals surface area contributed by atoms with Crippen LogP contribution in [-0.4, -0.2) is 31.1 Å². The molecule has 0 radical (unpaired) electrons. The fourth-order valence-corrected chi connectivity index (χ4v) is 2.33. The number of urea groups is 1. The van der Waals surface area contributed by atoms with Crippen molar-refractivity contribution in [2.45, 2.75) is 13.8 Å². The fraction of sp³-hybridized carbons (Fsp3) is 0.278. The van der Waals surface area contributed by atoms with Crippen molar-refractivity contribution < 1.29 is 9.53 Å². The predicted molar refractivity (Wildman–Crippen MR) is 89.9 cm³/mol. The first-order valence-electron chi connectivity index (χ1n) is 7.49. The van der Waals surface area contributed by atoms with E-state index in [0.29, 0.717) is 13.1 Å². The Morgan fingerprint density at radius 2 is 1.59 bits per heavy atom. The molecule has 0 aliphatic carbocycles. The molecule has 2 aromatic rings. The number of hydrogen-bond donors (Lipinski definition) is 0. The Balaban J connectivity index is 2.48. The van der Waals surface area contributed by atoms with Crippen LogP contribution in [0.25, 0.3) is 0 Å². The highest BCUT2D eigenvalue weighted by molar-refractivity contribution is 5.99. The minimum absolute atomic E-state index is 0.0375. The lowest BCUT2D eigenvalue weighted by Gasteiger charge is -2.29. The van der Waals surface area contributed by atoms with Crippen LogP contribution in [0.3, 0.4) is 0 Å². The van der Waals surface area contributed by atoms with Gasteiger partial charge in [0, 0.05) is 19.2 Å². The van der Waals surface area contributed by atoms with Gasteiger partial charge in [0.05, 0.1) is 18.5 Å². The number of nitrogens with zero attached hydrogens (tertiary/aromatic N) is 2. The molecule has 2 amide bonds. The number of carbonyl (C=O) groups excluding carboxylic acids is 1. The molecule has 0 spiro atoms. The largest absolute Gasteiger partial charge is 0.497 e. The number of anilines is 2. The van der Waals surface area contributed by atoms with E-state index in [1.165, 1.54) is 0 Å². The zero-order valence-corrected chi connectivity index (χ0v) is 13.3. The topological polar surface area (TPSA) is 32.8 Å². The number of amides is 2. The molecule has 4 heteroatoms. The molecule has 0 bridgehead atoms. The van der Waals surface area contributed by atoms with Gasteiger partial charge in [0.15, 0.2) is 0 Å². The third-order valence-corrected chi connectivity index (χ3v) is 3.55. The number of ether oxygens (including phenoxy) is 1. The van der Waals surface area contributed by atoms with Crippen molar-refractivity contribution in [2.24, 2.45) is 0 Å². The molecular formula is C18H22N2O2. The van der Waals surface area contributed by atoms with E-state index in [1.807, 2.05) is 68.4 Å². The number of carbonyl (C=O) groups is 1. The van der Waals surface area contributed by atoms with Gasteiger partial charge in [-0.1, -0.05) is 24.3 Å². The molecule has 2 rings (SSSR count). The molecule has 0 atom stereocenters. The number of rotatable bonds is 5. The standard InChI is InChI=1S/C18H22N2O2/c1-4-19(5-2)18(21)20(15-10-7-6-8-11-15)16-12-9-13-17(14-16)22-3/h6-14H,4-5H2,1-3H3. The molecule has 0 aromatic heterocycles. The predicted octanol–water partition coefficient (Wildman–Crippen LogP) is 4.30. The van der Waals surface area contributed by atoms with Crippen molar-refractivity contribution in [3.8, 4) is 5.75 Å². The average molecular weight is 298 g/mol. The maximum Gasteiger partial charge on any atom is 0.329 e. The van der Waals surface area contributed by atoms with Crippen molar-refractivity contribution in [1.29, 1.82) is 0 Å². The van der Waals surface area contributed by atoms with Crippen LogP contribution < -0.4 is 9.64 Å². The maximum atomic E-state index is 12.9. The van der Waals surface area contributed by atoms with E-state index in [4.69, 9.17) is 4.74 Å². The van der Waals surface area contributed by atoms with Gasteiger partial charge in [-0.25, -0.2) is 4.79 Å². The highest BCUT2D eigenvalue weighted by atomic mass is 16.5. The molecule has 22 heavy (non-hydrogen) atoms. The molecule has 0 fully saturated rings. The van der Waals surface area contributed by atoms with Gasteiger partial charge in [-0.3, -0.25) is 4.90 Å². The molecule has 0 unspecified atom stereocenters. The van der Waals surface area contributed by atoms with Crippen molar-refractivity contribution in [1.82, 2.24) is 4.90 Å². The van der Waals surface area contributed by atoms with Crippen LogP contribution in [-0.2, 0) is 0 Å². The Kier molecular flexibility index (Phi) is 5.42. The third-order valence-electron chi connectivity index (χ3n) is 3.55. The number of para-hydroxylation sites is 1. The lowest BCUT2D eigenvalue weighted by molar-refractivity contribution is 0.212. The van der Waals surface area contributed by atoms with Crippen molar-refractivity contribution in [3.05, 3.63) is 54.6 Å². The average Bonchev–Trinajstić information content (AvgIpc) is 2.57. The van der Waals surface area contributed by atoms with Crippen LogP contribution in [0.15, 0.2) is 54.6 Å². The summed E-state index contributed by atoms with van der Waals surface area (Å²) < 4.78 is 5.28. The van der Waals surface area contributed by atoms with Gasteiger partial charge in [0.2, 0.25) is 0 Å². The molecule has 0 heterocycles. The van der Waals surface area contributed by atoms with E-state index in [0.717, 1.165) is 17.1 Å². The van der Waals surface area contributed by atoms with Crippen LogP contribution in [0.1, 0.15) is 13.8 Å². The minimum Gasteiger partial charge on any atom is -0.497 e. The molecular weight excluding hydrogens is 276 g/mol. The van der Waals surface area contributed by atoms with Gasteiger partial charge in [-0.05, 0) is 38.1 Å². The second-order valence-electron chi connectivity index (χ2n) is 4.83. The summed E-state index contributed by atoms with van der Waals surface area (Å²) >= 11 is 0. The quantitative estimate of drug-likeness (QED) is 0.824. The van der Waals surface area contributed by atoms with Gasteiger partial charge in [0.25, 0.3) is 0 Å². The smallest absolute Gasteiger partial charge is 0.329 e. The molecule has 4 nitrogen and oxygen atoms in total. The van der Waals surface area contributed by atoms with E-state index in [-0.39, 0.29) is 6.03 Å². The first-order chi connectivity index (χ1) is 10.7.